The van der Waals surface area contributed by atoms with Gasteiger partial charge in [-0.2, -0.15) is 0 Å². The highest BCUT2D eigenvalue weighted by Crippen LogP contribution is 2.49. The third-order valence-electron chi connectivity index (χ3n) is 3.97. The van der Waals surface area contributed by atoms with E-state index in [-0.39, 0.29) is 0 Å². The molecule has 0 aliphatic carbocycles. The van der Waals surface area contributed by atoms with Gasteiger partial charge in [-0.25, -0.2) is 0 Å². The number of benzene rings is 1. The van der Waals surface area contributed by atoms with E-state index in [0.717, 1.165) is 36.7 Å². The maximum absolute atomic E-state index is 6.09. The van der Waals surface area contributed by atoms with Gasteiger partial charge in [-0.05, 0) is 48.2 Å². The van der Waals surface area contributed by atoms with Crippen LogP contribution in [0.25, 0.3) is 6.08 Å². The van der Waals surface area contributed by atoms with Crippen LogP contribution in [-0.4, -0.2) is 12.3 Å². The van der Waals surface area contributed by atoms with E-state index in [1.165, 1.54) is 5.56 Å². The zero-order valence-corrected chi connectivity index (χ0v) is 15.2. The van der Waals surface area contributed by atoms with Crippen LogP contribution >= 0.6 is 6.04 Å². The van der Waals surface area contributed by atoms with Crippen LogP contribution in [0.15, 0.2) is 81.8 Å². The third kappa shape index (κ3) is 5.09. The van der Waals surface area contributed by atoms with E-state index in [1.54, 1.807) is 12.5 Å². The SMILES string of the molecule is S=P(/C=C\c1ccccc1)(CCc1ccco1)CCc1ccco1. The summed E-state index contributed by atoms with van der Waals surface area (Å²) in [6, 6.07) is 16.6. The minimum absolute atomic E-state index is 0.890. The predicted octanol–water partition coefficient (Wildman–Crippen LogP) is 5.81. The van der Waals surface area contributed by atoms with Crippen molar-refractivity contribution in [2.24, 2.45) is 0 Å². The smallest absolute Gasteiger partial charge is 0.104 e. The molecule has 0 unspecified atom stereocenters. The van der Waals surface area contributed by atoms with Gasteiger partial charge in [0.05, 0.1) is 12.5 Å². The molecule has 0 atom stereocenters. The lowest BCUT2D eigenvalue weighted by atomic mass is 10.2. The summed E-state index contributed by atoms with van der Waals surface area (Å²) in [6.45, 7) is 0. The number of rotatable bonds is 8. The summed E-state index contributed by atoms with van der Waals surface area (Å²) in [7, 11) is 0. The van der Waals surface area contributed by atoms with Gasteiger partial charge >= 0.3 is 0 Å². The predicted molar refractivity (Wildman–Crippen MR) is 104 cm³/mol. The highest BCUT2D eigenvalue weighted by Gasteiger charge is 2.15. The Balaban J connectivity index is 1.71. The van der Waals surface area contributed by atoms with Crippen molar-refractivity contribution in [3.05, 3.63) is 90.0 Å². The van der Waals surface area contributed by atoms with Crippen LogP contribution in [0.5, 0.6) is 0 Å². The second-order valence-electron chi connectivity index (χ2n) is 5.78. The molecule has 0 saturated carbocycles. The van der Waals surface area contributed by atoms with E-state index < -0.39 is 6.04 Å². The van der Waals surface area contributed by atoms with E-state index in [4.69, 9.17) is 20.6 Å². The largest absolute Gasteiger partial charge is 0.469 e. The van der Waals surface area contributed by atoms with E-state index in [9.17, 15) is 0 Å². The van der Waals surface area contributed by atoms with Gasteiger partial charge in [0, 0.05) is 12.8 Å². The Labute approximate surface area is 148 Å². The first-order valence-electron chi connectivity index (χ1n) is 8.10. The van der Waals surface area contributed by atoms with Gasteiger partial charge in [-0.3, -0.25) is 0 Å². The molecule has 0 bridgehead atoms. The third-order valence-corrected chi connectivity index (χ3v) is 8.09. The van der Waals surface area contributed by atoms with Gasteiger partial charge in [-0.1, -0.05) is 54.0 Å². The van der Waals surface area contributed by atoms with Crippen LogP contribution in [0.2, 0.25) is 0 Å². The van der Waals surface area contributed by atoms with Crippen molar-refractivity contribution in [3.8, 4) is 0 Å². The molecular formula is C20H21O2PS. The van der Waals surface area contributed by atoms with E-state index >= 15 is 0 Å². The van der Waals surface area contributed by atoms with Crippen LogP contribution in [0.1, 0.15) is 17.1 Å². The molecule has 0 radical (unpaired) electrons. The molecular weight excluding hydrogens is 335 g/mol. The molecule has 2 nitrogen and oxygen atoms in total. The molecule has 2 heterocycles. The Morgan fingerprint density at radius 3 is 1.88 bits per heavy atom. The minimum Gasteiger partial charge on any atom is -0.469 e. The summed E-state index contributed by atoms with van der Waals surface area (Å²) in [5.41, 5.74) is 1.20. The van der Waals surface area contributed by atoms with Crippen LogP contribution in [0, 0.1) is 0 Å². The molecule has 0 saturated heterocycles. The van der Waals surface area contributed by atoms with Gasteiger partial charge < -0.3 is 8.83 Å². The first kappa shape index (κ1) is 17.0. The standard InChI is InChI=1S/C20H21O2PS/c24-23(16-11-19-8-4-13-21-19,17-12-20-9-5-14-22-20)15-10-18-6-2-1-3-7-18/h1-10,13-15H,11-12,16-17H2/b15-10-. The van der Waals surface area contributed by atoms with Crippen molar-refractivity contribution in [3.63, 3.8) is 0 Å². The van der Waals surface area contributed by atoms with Gasteiger partial charge in [-0.15, -0.1) is 0 Å². The molecule has 4 heteroatoms. The molecule has 0 aliphatic rings. The van der Waals surface area contributed by atoms with Crippen LogP contribution in [0.3, 0.4) is 0 Å². The monoisotopic (exact) mass is 356 g/mol. The average molecular weight is 356 g/mol. The maximum atomic E-state index is 6.09. The molecule has 24 heavy (non-hydrogen) atoms. The molecule has 1 aromatic carbocycles. The molecule has 0 N–H and O–H groups in total. The summed E-state index contributed by atoms with van der Waals surface area (Å²) in [5, 5.41) is 0. The number of hydrogen-bond donors (Lipinski definition) is 0. The molecule has 0 fully saturated rings. The van der Waals surface area contributed by atoms with Gasteiger partial charge in [0.15, 0.2) is 0 Å². The minimum atomic E-state index is -1.63. The lowest BCUT2D eigenvalue weighted by Gasteiger charge is -2.17. The second kappa shape index (κ2) is 8.32. The zero-order chi connectivity index (χ0) is 16.7. The van der Waals surface area contributed by atoms with Crippen molar-refractivity contribution >= 4 is 23.9 Å². The van der Waals surface area contributed by atoms with Crippen molar-refractivity contribution in [2.45, 2.75) is 12.8 Å². The number of aryl methyl sites for hydroxylation is 2. The first-order valence-corrected chi connectivity index (χ1v) is 11.3. The Kier molecular flexibility index (Phi) is 5.90. The van der Waals surface area contributed by atoms with Crippen molar-refractivity contribution in [1.29, 1.82) is 0 Å². The number of furan rings is 2. The summed E-state index contributed by atoms with van der Waals surface area (Å²) in [6.07, 6.45) is 9.34. The highest BCUT2D eigenvalue weighted by atomic mass is 32.4. The Morgan fingerprint density at radius 2 is 1.38 bits per heavy atom. The summed E-state index contributed by atoms with van der Waals surface area (Å²) < 4.78 is 10.9. The van der Waals surface area contributed by atoms with Crippen LogP contribution in [0.4, 0.5) is 0 Å². The Morgan fingerprint density at radius 1 is 0.792 bits per heavy atom. The van der Waals surface area contributed by atoms with Crippen molar-refractivity contribution < 1.29 is 8.83 Å². The fourth-order valence-electron chi connectivity index (χ4n) is 2.56. The lowest BCUT2D eigenvalue weighted by Crippen LogP contribution is -1.99. The zero-order valence-electron chi connectivity index (χ0n) is 13.5. The quantitative estimate of drug-likeness (QED) is 0.477. The second-order valence-corrected chi connectivity index (χ2v) is 11.1. The normalized spacial score (nSPS) is 12.0. The molecule has 3 rings (SSSR count). The molecule has 0 amide bonds. The van der Waals surface area contributed by atoms with E-state index in [2.05, 4.69) is 36.2 Å². The van der Waals surface area contributed by atoms with Crippen molar-refractivity contribution in [2.75, 3.05) is 12.3 Å². The first-order chi connectivity index (χ1) is 11.7. The highest BCUT2D eigenvalue weighted by molar-refractivity contribution is 8.16. The van der Waals surface area contributed by atoms with Crippen LogP contribution in [-0.2, 0) is 24.6 Å². The van der Waals surface area contributed by atoms with Gasteiger partial charge in [0.25, 0.3) is 0 Å². The topological polar surface area (TPSA) is 26.3 Å². The fourth-order valence-corrected chi connectivity index (χ4v) is 5.45. The maximum Gasteiger partial charge on any atom is 0.104 e. The molecule has 3 aromatic rings. The van der Waals surface area contributed by atoms with E-state index in [0.29, 0.717) is 0 Å². The Bertz CT molecular complexity index is 747. The summed E-state index contributed by atoms with van der Waals surface area (Å²) in [4.78, 5) is 0. The summed E-state index contributed by atoms with van der Waals surface area (Å²) >= 11 is 6.09. The average Bonchev–Trinajstić information content (AvgIpc) is 3.31. The molecule has 124 valence electrons. The molecule has 0 spiro atoms. The molecule has 2 aromatic heterocycles. The lowest BCUT2D eigenvalue weighted by molar-refractivity contribution is 0.515. The summed E-state index contributed by atoms with van der Waals surface area (Å²) in [5.74, 6) is 4.29. The Hall–Kier alpha value is -1.83. The van der Waals surface area contributed by atoms with Gasteiger partial charge in [0.2, 0.25) is 0 Å². The van der Waals surface area contributed by atoms with Crippen LogP contribution < -0.4 is 0 Å². The van der Waals surface area contributed by atoms with Gasteiger partial charge in [0.1, 0.15) is 11.5 Å². The van der Waals surface area contributed by atoms with E-state index in [1.807, 2.05) is 30.3 Å². The molecule has 0 aliphatic heterocycles. The fraction of sp³-hybridized carbons (Fsp3) is 0.200. The number of hydrogen-bond acceptors (Lipinski definition) is 3. The van der Waals surface area contributed by atoms with Crippen molar-refractivity contribution in [1.82, 2.24) is 0 Å².